The topological polar surface area (TPSA) is 65.0 Å². The second kappa shape index (κ2) is 11.4. The fourth-order valence-electron chi connectivity index (χ4n) is 6.87. The van der Waals surface area contributed by atoms with Crippen LogP contribution >= 0.6 is 0 Å². The molecule has 0 radical (unpaired) electrons. The monoisotopic (exact) mass is 641 g/mol. The van der Waals surface area contributed by atoms with Crippen LogP contribution in [-0.4, -0.2) is 15.0 Å². The molecule has 0 bridgehead atoms. The Morgan fingerprint density at radius 3 is 1.64 bits per heavy atom. The summed E-state index contributed by atoms with van der Waals surface area (Å²) in [6.45, 7) is 0. The first-order valence-electron chi connectivity index (χ1n) is 16.6. The molecule has 5 heteroatoms. The first-order valence-corrected chi connectivity index (χ1v) is 16.6. The minimum absolute atomic E-state index is 0.593. The van der Waals surface area contributed by atoms with Crippen LogP contribution in [0.1, 0.15) is 0 Å². The van der Waals surface area contributed by atoms with E-state index in [1.807, 2.05) is 78.9 Å². The van der Waals surface area contributed by atoms with Gasteiger partial charge in [0.2, 0.25) is 0 Å². The van der Waals surface area contributed by atoms with Gasteiger partial charge in [0, 0.05) is 43.8 Å². The van der Waals surface area contributed by atoms with Crippen LogP contribution in [-0.2, 0) is 0 Å². The summed E-state index contributed by atoms with van der Waals surface area (Å²) in [5.74, 6) is 1.85. The Kier molecular flexibility index (Phi) is 6.42. The Labute approximate surface area is 287 Å². The Balaban J connectivity index is 1.07. The molecule has 10 aromatic rings. The fourth-order valence-corrected chi connectivity index (χ4v) is 6.87. The lowest BCUT2D eigenvalue weighted by atomic mass is 9.97. The average Bonchev–Trinajstić information content (AvgIpc) is 3.76. The summed E-state index contributed by atoms with van der Waals surface area (Å²) in [5, 5.41) is 4.34. The molecule has 0 aliphatic rings. The molecule has 0 unspecified atom stereocenters. The van der Waals surface area contributed by atoms with Crippen molar-refractivity contribution in [2.24, 2.45) is 0 Å². The lowest BCUT2D eigenvalue weighted by Crippen LogP contribution is -2.00. The number of fused-ring (bicyclic) bond motifs is 6. The largest absolute Gasteiger partial charge is 0.456 e. The van der Waals surface area contributed by atoms with Gasteiger partial charge in [0.05, 0.1) is 0 Å². The van der Waals surface area contributed by atoms with Crippen molar-refractivity contribution in [3.05, 3.63) is 164 Å². The number of furan rings is 2. The van der Waals surface area contributed by atoms with Crippen molar-refractivity contribution in [3.63, 3.8) is 0 Å². The van der Waals surface area contributed by atoms with Gasteiger partial charge < -0.3 is 8.83 Å². The zero-order valence-corrected chi connectivity index (χ0v) is 26.7. The van der Waals surface area contributed by atoms with Crippen LogP contribution < -0.4 is 0 Å². The Morgan fingerprint density at radius 2 is 0.860 bits per heavy atom. The van der Waals surface area contributed by atoms with E-state index in [0.717, 1.165) is 82.8 Å². The molecule has 0 N–H and O–H groups in total. The third-order valence-electron chi connectivity index (χ3n) is 9.34. The lowest BCUT2D eigenvalue weighted by molar-refractivity contribution is 0.669. The van der Waals surface area contributed by atoms with Gasteiger partial charge in [0.15, 0.2) is 17.5 Å². The number of nitrogens with zero attached hydrogens (tertiary/aromatic N) is 3. The summed E-state index contributed by atoms with van der Waals surface area (Å²) in [4.78, 5) is 14.7. The summed E-state index contributed by atoms with van der Waals surface area (Å²) < 4.78 is 12.8. The Hall–Kier alpha value is -6.85. The zero-order chi connectivity index (χ0) is 33.0. The molecule has 234 valence electrons. The Bertz CT molecular complexity index is 2810. The van der Waals surface area contributed by atoms with E-state index in [-0.39, 0.29) is 0 Å². The van der Waals surface area contributed by atoms with Crippen LogP contribution in [0.2, 0.25) is 0 Å². The van der Waals surface area contributed by atoms with Crippen LogP contribution in [0.4, 0.5) is 0 Å². The SMILES string of the molecule is c1ccc(-c2nc(-c3ccccc3)nc(-c3ccc4c(c3)oc3c(-c5cccc(-c6ccc7oc8ccccc8c7c6)c5)cccc34)n2)cc1. The van der Waals surface area contributed by atoms with Gasteiger partial charge in [-0.1, -0.05) is 127 Å². The third kappa shape index (κ3) is 4.75. The second-order valence-corrected chi connectivity index (χ2v) is 12.4. The van der Waals surface area contributed by atoms with E-state index in [1.54, 1.807) is 0 Å². The number of para-hydroxylation sites is 2. The van der Waals surface area contributed by atoms with Crippen LogP contribution in [0.3, 0.4) is 0 Å². The first kappa shape index (κ1) is 28.2. The Morgan fingerprint density at radius 1 is 0.300 bits per heavy atom. The van der Waals surface area contributed by atoms with E-state index in [9.17, 15) is 0 Å². The van der Waals surface area contributed by atoms with Crippen molar-refractivity contribution in [1.82, 2.24) is 15.0 Å². The number of rotatable bonds is 5. The van der Waals surface area contributed by atoms with Crippen molar-refractivity contribution in [2.75, 3.05) is 0 Å². The normalized spacial score (nSPS) is 11.6. The van der Waals surface area contributed by atoms with Crippen LogP contribution in [0, 0.1) is 0 Å². The van der Waals surface area contributed by atoms with E-state index in [1.165, 1.54) is 0 Å². The summed E-state index contributed by atoms with van der Waals surface area (Å²) in [6, 6.07) is 55.8. The smallest absolute Gasteiger partial charge is 0.164 e. The van der Waals surface area contributed by atoms with E-state index < -0.39 is 0 Å². The standard InChI is InChI=1S/C45H27N3O2/c1-3-11-28(12-4-1)43-46-44(29-13-5-2-6-14-29)48-45(47-43)33-21-23-36-37-19-10-18-34(42(37)50-41(36)27-33)32-16-9-15-30(25-32)31-22-24-40-38(26-31)35-17-7-8-20-39(35)49-40/h1-27H. The van der Waals surface area contributed by atoms with Crippen LogP contribution in [0.25, 0.3) is 100 Å². The number of aromatic nitrogens is 3. The summed E-state index contributed by atoms with van der Waals surface area (Å²) in [5.41, 5.74) is 10.5. The molecule has 0 aliphatic heterocycles. The maximum absolute atomic E-state index is 6.69. The van der Waals surface area contributed by atoms with Gasteiger partial charge in [-0.2, -0.15) is 0 Å². The molecular weight excluding hydrogens is 615 g/mol. The molecule has 3 heterocycles. The summed E-state index contributed by atoms with van der Waals surface area (Å²) >= 11 is 0. The van der Waals surface area contributed by atoms with Gasteiger partial charge in [-0.25, -0.2) is 15.0 Å². The molecule has 10 rings (SSSR count). The average molecular weight is 642 g/mol. The highest BCUT2D eigenvalue weighted by atomic mass is 16.3. The molecule has 50 heavy (non-hydrogen) atoms. The van der Waals surface area contributed by atoms with Crippen molar-refractivity contribution >= 4 is 43.9 Å². The minimum Gasteiger partial charge on any atom is -0.456 e. The van der Waals surface area contributed by atoms with Crippen LogP contribution in [0.15, 0.2) is 173 Å². The van der Waals surface area contributed by atoms with E-state index in [2.05, 4.69) is 84.9 Å². The molecule has 0 saturated heterocycles. The van der Waals surface area contributed by atoms with Gasteiger partial charge in [0.1, 0.15) is 22.3 Å². The van der Waals surface area contributed by atoms with Crippen molar-refractivity contribution in [3.8, 4) is 56.4 Å². The quantitative estimate of drug-likeness (QED) is 0.187. The van der Waals surface area contributed by atoms with E-state index >= 15 is 0 Å². The number of hydrogen-bond acceptors (Lipinski definition) is 5. The molecule has 0 saturated carbocycles. The number of hydrogen-bond donors (Lipinski definition) is 0. The predicted octanol–water partition coefficient (Wildman–Crippen LogP) is 12.0. The molecule has 5 nitrogen and oxygen atoms in total. The molecule has 0 atom stereocenters. The molecule has 0 aliphatic carbocycles. The lowest BCUT2D eigenvalue weighted by Gasteiger charge is -2.08. The molecule has 0 fully saturated rings. The summed E-state index contributed by atoms with van der Waals surface area (Å²) in [6.07, 6.45) is 0. The molecular formula is C45H27N3O2. The fraction of sp³-hybridized carbons (Fsp3) is 0. The molecule has 7 aromatic carbocycles. The zero-order valence-electron chi connectivity index (χ0n) is 26.7. The highest BCUT2D eigenvalue weighted by Gasteiger charge is 2.17. The second-order valence-electron chi connectivity index (χ2n) is 12.4. The van der Waals surface area contributed by atoms with Gasteiger partial charge >= 0.3 is 0 Å². The molecule has 3 aromatic heterocycles. The van der Waals surface area contributed by atoms with E-state index in [4.69, 9.17) is 23.8 Å². The van der Waals surface area contributed by atoms with Gasteiger partial charge in [-0.15, -0.1) is 0 Å². The summed E-state index contributed by atoms with van der Waals surface area (Å²) in [7, 11) is 0. The third-order valence-corrected chi connectivity index (χ3v) is 9.34. The number of benzene rings is 7. The van der Waals surface area contributed by atoms with Crippen molar-refractivity contribution in [2.45, 2.75) is 0 Å². The highest BCUT2D eigenvalue weighted by molar-refractivity contribution is 6.10. The molecule has 0 spiro atoms. The minimum atomic E-state index is 0.593. The van der Waals surface area contributed by atoms with Gasteiger partial charge in [-0.3, -0.25) is 0 Å². The maximum atomic E-state index is 6.69. The first-order chi connectivity index (χ1) is 24.7. The van der Waals surface area contributed by atoms with Crippen molar-refractivity contribution < 1.29 is 8.83 Å². The van der Waals surface area contributed by atoms with E-state index in [0.29, 0.717) is 17.5 Å². The highest BCUT2D eigenvalue weighted by Crippen LogP contribution is 2.39. The van der Waals surface area contributed by atoms with Crippen molar-refractivity contribution in [1.29, 1.82) is 0 Å². The maximum Gasteiger partial charge on any atom is 0.164 e. The van der Waals surface area contributed by atoms with Gasteiger partial charge in [0.25, 0.3) is 0 Å². The predicted molar refractivity (Wildman–Crippen MR) is 202 cm³/mol. The van der Waals surface area contributed by atoms with Gasteiger partial charge in [-0.05, 0) is 53.1 Å². The molecule has 0 amide bonds. The van der Waals surface area contributed by atoms with Crippen LogP contribution in [0.5, 0.6) is 0 Å².